The van der Waals surface area contributed by atoms with Gasteiger partial charge in [-0.1, -0.05) is 30.4 Å². The second-order valence-electron chi connectivity index (χ2n) is 2.95. The first-order chi connectivity index (χ1) is 4.86. The van der Waals surface area contributed by atoms with E-state index in [1.165, 1.54) is 32.4 Å². The van der Waals surface area contributed by atoms with Crippen LogP contribution in [0.5, 0.6) is 0 Å². The Bertz CT molecular complexity index is 158. The van der Waals surface area contributed by atoms with Crippen molar-refractivity contribution in [3.63, 3.8) is 0 Å². The van der Waals surface area contributed by atoms with Crippen LogP contribution in [0, 0.1) is 0 Å². The van der Waals surface area contributed by atoms with Gasteiger partial charge in [-0.05, 0) is 12.8 Å². The molecule has 1 unspecified atom stereocenters. The predicted octanol–water partition coefficient (Wildman–Crippen LogP) is 1.87. The summed E-state index contributed by atoms with van der Waals surface area (Å²) in [5.74, 6) is 0. The fraction of sp³-hybridized carbons (Fsp3) is 0.857. The average Bonchev–Trinajstić information content (AvgIpc) is 2.18. The average molecular weight is 173 g/mol. The molecule has 1 atom stereocenters. The number of rotatable bonds is 0. The quantitative estimate of drug-likeness (QED) is 0.515. The van der Waals surface area contributed by atoms with Gasteiger partial charge in [-0.2, -0.15) is 0 Å². The van der Waals surface area contributed by atoms with Crippen LogP contribution in [0.2, 0.25) is 0 Å². The van der Waals surface area contributed by atoms with Crippen LogP contribution < -0.4 is 0 Å². The van der Waals surface area contributed by atoms with E-state index in [2.05, 4.69) is 4.90 Å². The lowest BCUT2D eigenvalue weighted by molar-refractivity contribution is 0.464. The summed E-state index contributed by atoms with van der Waals surface area (Å²) in [6.45, 7) is 2.44. The maximum absolute atomic E-state index is 5.21. The van der Waals surface area contributed by atoms with Crippen molar-refractivity contribution in [2.75, 3.05) is 13.1 Å². The molecular formula is C7H11NS2. The Morgan fingerprint density at radius 2 is 2.40 bits per heavy atom. The highest BCUT2D eigenvalue weighted by atomic mass is 32.2. The largest absolute Gasteiger partial charge is 0.356 e. The normalized spacial score (nSPS) is 32.6. The van der Waals surface area contributed by atoms with E-state index in [9.17, 15) is 0 Å². The van der Waals surface area contributed by atoms with Gasteiger partial charge < -0.3 is 4.90 Å². The van der Waals surface area contributed by atoms with Crippen molar-refractivity contribution in [1.82, 2.24) is 4.90 Å². The molecule has 0 aliphatic carbocycles. The lowest BCUT2D eigenvalue weighted by Crippen LogP contribution is -2.23. The van der Waals surface area contributed by atoms with Crippen molar-refractivity contribution in [3.8, 4) is 0 Å². The molecule has 2 fully saturated rings. The molecule has 2 aliphatic rings. The second-order valence-corrected chi connectivity index (χ2v) is 4.88. The maximum atomic E-state index is 5.21. The Labute approximate surface area is 71.2 Å². The molecule has 2 aliphatic heterocycles. The van der Waals surface area contributed by atoms with Gasteiger partial charge in [0.15, 0.2) is 0 Å². The van der Waals surface area contributed by atoms with E-state index < -0.39 is 0 Å². The smallest absolute Gasteiger partial charge is 0.136 e. The molecule has 0 aromatic carbocycles. The molecule has 2 saturated heterocycles. The number of hydrogen-bond donors (Lipinski definition) is 0. The minimum Gasteiger partial charge on any atom is -0.356 e. The first-order valence-corrected chi connectivity index (χ1v) is 5.10. The summed E-state index contributed by atoms with van der Waals surface area (Å²) in [6.07, 6.45) is 4.12. The summed E-state index contributed by atoms with van der Waals surface area (Å²) in [4.78, 5) is 2.36. The van der Waals surface area contributed by atoms with Gasteiger partial charge in [-0.3, -0.25) is 0 Å². The van der Waals surface area contributed by atoms with Crippen LogP contribution in [0.4, 0.5) is 0 Å². The Morgan fingerprint density at radius 1 is 1.50 bits per heavy atom. The molecule has 56 valence electrons. The third-order valence-corrected chi connectivity index (χ3v) is 3.88. The van der Waals surface area contributed by atoms with Gasteiger partial charge in [0.1, 0.15) is 4.32 Å². The standard InChI is InChI=1S/C7H11NS2/c9-7-8-4-2-1-3-6(5-8)10-7/h6H,1-5H2. The Balaban J connectivity index is 2.09. The Morgan fingerprint density at radius 3 is 3.30 bits per heavy atom. The molecule has 3 heteroatoms. The third kappa shape index (κ3) is 1.17. The zero-order valence-electron chi connectivity index (χ0n) is 5.88. The van der Waals surface area contributed by atoms with E-state index in [1.807, 2.05) is 11.8 Å². The third-order valence-electron chi connectivity index (χ3n) is 2.15. The molecule has 0 N–H and O–H groups in total. The number of fused-ring (bicyclic) bond motifs is 2. The second kappa shape index (κ2) is 2.70. The summed E-state index contributed by atoms with van der Waals surface area (Å²) in [7, 11) is 0. The number of thioether (sulfide) groups is 1. The predicted molar refractivity (Wildman–Crippen MR) is 49.4 cm³/mol. The highest BCUT2D eigenvalue weighted by Gasteiger charge is 2.28. The van der Waals surface area contributed by atoms with Gasteiger partial charge in [0.25, 0.3) is 0 Å². The summed E-state index contributed by atoms with van der Waals surface area (Å²) < 4.78 is 1.14. The topological polar surface area (TPSA) is 3.24 Å². The lowest BCUT2D eigenvalue weighted by atomic mass is 10.2. The number of thiocarbonyl (C=S) groups is 1. The number of hydrogen-bond acceptors (Lipinski definition) is 2. The fourth-order valence-corrected chi connectivity index (χ4v) is 3.30. The molecule has 2 rings (SSSR count). The van der Waals surface area contributed by atoms with Crippen molar-refractivity contribution in [2.45, 2.75) is 24.5 Å². The fourth-order valence-electron chi connectivity index (χ4n) is 1.58. The van der Waals surface area contributed by atoms with Crippen LogP contribution >= 0.6 is 24.0 Å². The molecule has 2 bridgehead atoms. The summed E-state index contributed by atoms with van der Waals surface area (Å²) in [6, 6.07) is 0. The van der Waals surface area contributed by atoms with E-state index in [1.54, 1.807) is 0 Å². The van der Waals surface area contributed by atoms with E-state index in [-0.39, 0.29) is 0 Å². The molecule has 0 radical (unpaired) electrons. The lowest BCUT2D eigenvalue weighted by Gasteiger charge is -2.14. The van der Waals surface area contributed by atoms with Crippen LogP contribution in [0.3, 0.4) is 0 Å². The van der Waals surface area contributed by atoms with Gasteiger partial charge in [-0.25, -0.2) is 0 Å². The molecule has 10 heavy (non-hydrogen) atoms. The van der Waals surface area contributed by atoms with Crippen LogP contribution in [-0.2, 0) is 0 Å². The Hall–Kier alpha value is 0.240. The zero-order valence-corrected chi connectivity index (χ0v) is 7.51. The molecular weight excluding hydrogens is 162 g/mol. The summed E-state index contributed by atoms with van der Waals surface area (Å²) >= 11 is 7.11. The van der Waals surface area contributed by atoms with E-state index in [4.69, 9.17) is 12.2 Å². The van der Waals surface area contributed by atoms with Gasteiger partial charge in [0.05, 0.1) is 0 Å². The molecule has 0 spiro atoms. The SMILES string of the molecule is S=C1SC2CCCCN1C2. The zero-order chi connectivity index (χ0) is 6.97. The van der Waals surface area contributed by atoms with Gasteiger partial charge >= 0.3 is 0 Å². The minimum absolute atomic E-state index is 0.829. The van der Waals surface area contributed by atoms with Crippen molar-refractivity contribution in [3.05, 3.63) is 0 Å². The molecule has 0 amide bonds. The Kier molecular flexibility index (Phi) is 1.87. The van der Waals surface area contributed by atoms with Gasteiger partial charge in [0.2, 0.25) is 0 Å². The van der Waals surface area contributed by atoms with Crippen LogP contribution in [-0.4, -0.2) is 27.6 Å². The number of nitrogens with zero attached hydrogens (tertiary/aromatic N) is 1. The summed E-state index contributed by atoms with van der Waals surface area (Å²) in [5.41, 5.74) is 0. The summed E-state index contributed by atoms with van der Waals surface area (Å²) in [5, 5.41) is 0.829. The molecule has 0 aromatic rings. The van der Waals surface area contributed by atoms with Crippen molar-refractivity contribution in [2.24, 2.45) is 0 Å². The van der Waals surface area contributed by atoms with Crippen molar-refractivity contribution < 1.29 is 0 Å². The minimum atomic E-state index is 0.829. The first-order valence-electron chi connectivity index (χ1n) is 3.82. The molecule has 0 aromatic heterocycles. The van der Waals surface area contributed by atoms with Gasteiger partial charge in [-0.15, -0.1) is 0 Å². The van der Waals surface area contributed by atoms with E-state index in [0.29, 0.717) is 0 Å². The molecule has 1 nitrogen and oxygen atoms in total. The van der Waals surface area contributed by atoms with Crippen LogP contribution in [0.25, 0.3) is 0 Å². The van der Waals surface area contributed by atoms with Gasteiger partial charge in [0, 0.05) is 18.3 Å². The van der Waals surface area contributed by atoms with Crippen molar-refractivity contribution >= 4 is 28.3 Å². The molecule has 0 saturated carbocycles. The van der Waals surface area contributed by atoms with Crippen molar-refractivity contribution in [1.29, 1.82) is 0 Å². The van der Waals surface area contributed by atoms with E-state index in [0.717, 1.165) is 9.57 Å². The maximum Gasteiger partial charge on any atom is 0.136 e. The first kappa shape index (κ1) is 6.92. The highest BCUT2D eigenvalue weighted by molar-refractivity contribution is 8.23. The van der Waals surface area contributed by atoms with Crippen LogP contribution in [0.1, 0.15) is 19.3 Å². The van der Waals surface area contributed by atoms with E-state index >= 15 is 0 Å². The monoisotopic (exact) mass is 173 g/mol. The van der Waals surface area contributed by atoms with Crippen LogP contribution in [0.15, 0.2) is 0 Å². The highest BCUT2D eigenvalue weighted by Crippen LogP contribution is 2.31. The molecule has 2 heterocycles.